The fourth-order valence-electron chi connectivity index (χ4n) is 4.13. The van der Waals surface area contributed by atoms with Crippen LogP contribution >= 0.6 is 0 Å². The van der Waals surface area contributed by atoms with Crippen molar-refractivity contribution in [1.29, 1.82) is 0 Å². The molecule has 0 spiro atoms. The number of nitrogens with zero attached hydrogens (tertiary/aromatic N) is 3. The van der Waals surface area contributed by atoms with Crippen molar-refractivity contribution >= 4 is 11.8 Å². The lowest BCUT2D eigenvalue weighted by atomic mass is 9.92. The summed E-state index contributed by atoms with van der Waals surface area (Å²) >= 11 is 0. The van der Waals surface area contributed by atoms with Gasteiger partial charge in [0.15, 0.2) is 0 Å². The van der Waals surface area contributed by atoms with E-state index in [9.17, 15) is 9.59 Å². The summed E-state index contributed by atoms with van der Waals surface area (Å²) in [6.07, 6.45) is 3.84. The lowest BCUT2D eigenvalue weighted by Gasteiger charge is -2.38. The van der Waals surface area contributed by atoms with E-state index in [2.05, 4.69) is 24.1 Å². The van der Waals surface area contributed by atoms with Gasteiger partial charge in [-0.25, -0.2) is 0 Å². The van der Waals surface area contributed by atoms with Gasteiger partial charge in [0.1, 0.15) is 0 Å². The molecule has 3 fully saturated rings. The number of piperazine rings is 1. The predicted octanol–water partition coefficient (Wildman–Crippen LogP) is 0.635. The normalized spacial score (nSPS) is 28.2. The van der Waals surface area contributed by atoms with Gasteiger partial charge in [-0.2, -0.15) is 0 Å². The third kappa shape index (κ3) is 5.68. The summed E-state index contributed by atoms with van der Waals surface area (Å²) in [6, 6.07) is 0. The Morgan fingerprint density at radius 2 is 1.56 bits per heavy atom. The topological polar surface area (TPSA) is 55.9 Å². The summed E-state index contributed by atoms with van der Waals surface area (Å²) in [5.74, 6) is 2.46. The first-order valence-corrected chi connectivity index (χ1v) is 10.00. The first-order chi connectivity index (χ1) is 12.0. The standard InChI is InChI=1S/C19H34N4O2/c1-15-9-16(2)13-23(12-15)19(25)14-21-5-7-22(8-6-21)18(24)11-20-10-17-3-4-17/h15-17,20H,3-14H2,1-2H3. The monoisotopic (exact) mass is 350 g/mol. The minimum absolute atomic E-state index is 0.199. The summed E-state index contributed by atoms with van der Waals surface area (Å²) in [7, 11) is 0. The van der Waals surface area contributed by atoms with Gasteiger partial charge in [-0.05, 0) is 43.6 Å². The Morgan fingerprint density at radius 3 is 2.16 bits per heavy atom. The molecular formula is C19H34N4O2. The van der Waals surface area contributed by atoms with Crippen molar-refractivity contribution in [2.24, 2.45) is 17.8 Å². The number of piperidine rings is 1. The molecule has 25 heavy (non-hydrogen) atoms. The van der Waals surface area contributed by atoms with E-state index in [1.54, 1.807) is 0 Å². The highest BCUT2D eigenvalue weighted by molar-refractivity contribution is 5.79. The molecular weight excluding hydrogens is 316 g/mol. The maximum atomic E-state index is 12.6. The third-order valence-electron chi connectivity index (χ3n) is 5.71. The van der Waals surface area contributed by atoms with Gasteiger partial charge < -0.3 is 15.1 Å². The zero-order chi connectivity index (χ0) is 17.8. The molecule has 2 saturated heterocycles. The first kappa shape index (κ1) is 18.6. The second-order valence-electron chi connectivity index (χ2n) is 8.48. The number of hydrogen-bond acceptors (Lipinski definition) is 4. The number of rotatable bonds is 6. The molecule has 2 aliphatic heterocycles. The molecule has 1 N–H and O–H groups in total. The first-order valence-electron chi connectivity index (χ1n) is 10.00. The van der Waals surface area contributed by atoms with Gasteiger partial charge in [0, 0.05) is 39.3 Å². The van der Waals surface area contributed by atoms with Crippen LogP contribution in [0.2, 0.25) is 0 Å². The number of likely N-dealkylation sites (tertiary alicyclic amines) is 1. The molecule has 6 heteroatoms. The second kappa shape index (κ2) is 8.49. The molecule has 2 atom stereocenters. The summed E-state index contributed by atoms with van der Waals surface area (Å²) in [4.78, 5) is 31.0. The molecule has 142 valence electrons. The molecule has 2 unspecified atom stereocenters. The Bertz CT molecular complexity index is 462. The van der Waals surface area contributed by atoms with Crippen LogP contribution in [0.25, 0.3) is 0 Å². The highest BCUT2D eigenvalue weighted by Gasteiger charge is 2.28. The van der Waals surface area contributed by atoms with Gasteiger partial charge in [0.25, 0.3) is 0 Å². The summed E-state index contributed by atoms with van der Waals surface area (Å²) < 4.78 is 0. The molecule has 0 bridgehead atoms. The molecule has 3 rings (SSSR count). The van der Waals surface area contributed by atoms with Gasteiger partial charge in [-0.3, -0.25) is 14.5 Å². The van der Waals surface area contributed by atoms with E-state index in [0.717, 1.165) is 51.7 Å². The van der Waals surface area contributed by atoms with Crippen LogP contribution in [-0.2, 0) is 9.59 Å². The fourth-order valence-corrected chi connectivity index (χ4v) is 4.13. The summed E-state index contributed by atoms with van der Waals surface area (Å²) in [5.41, 5.74) is 0. The number of nitrogens with one attached hydrogen (secondary N) is 1. The van der Waals surface area contributed by atoms with E-state index in [0.29, 0.717) is 24.9 Å². The zero-order valence-corrected chi connectivity index (χ0v) is 15.9. The number of carbonyl (C=O) groups is 2. The van der Waals surface area contributed by atoms with Crippen molar-refractivity contribution < 1.29 is 9.59 Å². The molecule has 0 aromatic rings. The maximum Gasteiger partial charge on any atom is 0.236 e. The summed E-state index contributed by atoms with van der Waals surface area (Å²) in [6.45, 7) is 11.3. The number of carbonyl (C=O) groups excluding carboxylic acids is 2. The molecule has 0 aromatic heterocycles. The van der Waals surface area contributed by atoms with E-state index in [1.807, 2.05) is 9.80 Å². The number of amides is 2. The van der Waals surface area contributed by atoms with Crippen LogP contribution in [0.4, 0.5) is 0 Å². The Labute approximate surface area is 151 Å². The lowest BCUT2D eigenvalue weighted by Crippen LogP contribution is -2.54. The molecule has 1 saturated carbocycles. The van der Waals surface area contributed by atoms with Crippen molar-refractivity contribution in [2.75, 3.05) is 58.9 Å². The molecule has 1 aliphatic carbocycles. The van der Waals surface area contributed by atoms with Gasteiger partial charge in [0.05, 0.1) is 13.1 Å². The van der Waals surface area contributed by atoms with Crippen LogP contribution in [0, 0.1) is 17.8 Å². The van der Waals surface area contributed by atoms with Crippen LogP contribution < -0.4 is 5.32 Å². The smallest absolute Gasteiger partial charge is 0.236 e. The van der Waals surface area contributed by atoms with Crippen LogP contribution in [-0.4, -0.2) is 85.4 Å². The highest BCUT2D eigenvalue weighted by Crippen LogP contribution is 2.27. The van der Waals surface area contributed by atoms with E-state index in [1.165, 1.54) is 19.3 Å². The van der Waals surface area contributed by atoms with E-state index >= 15 is 0 Å². The maximum absolute atomic E-state index is 12.6. The van der Waals surface area contributed by atoms with Crippen LogP contribution in [0.1, 0.15) is 33.1 Å². The molecule has 3 aliphatic rings. The fraction of sp³-hybridized carbons (Fsp3) is 0.895. The minimum atomic E-state index is 0.199. The molecule has 0 aromatic carbocycles. The summed E-state index contributed by atoms with van der Waals surface area (Å²) in [5, 5.41) is 3.27. The van der Waals surface area contributed by atoms with Gasteiger partial charge in [-0.1, -0.05) is 13.8 Å². The van der Waals surface area contributed by atoms with Crippen LogP contribution in [0.15, 0.2) is 0 Å². The van der Waals surface area contributed by atoms with Gasteiger partial charge >= 0.3 is 0 Å². The third-order valence-corrected chi connectivity index (χ3v) is 5.71. The molecule has 0 radical (unpaired) electrons. The molecule has 2 amide bonds. The van der Waals surface area contributed by atoms with Gasteiger partial charge in [0.2, 0.25) is 11.8 Å². The average Bonchev–Trinajstić information content (AvgIpc) is 3.39. The Morgan fingerprint density at radius 1 is 0.920 bits per heavy atom. The van der Waals surface area contributed by atoms with E-state index in [4.69, 9.17) is 0 Å². The molecule has 2 heterocycles. The van der Waals surface area contributed by atoms with Crippen LogP contribution in [0.5, 0.6) is 0 Å². The largest absolute Gasteiger partial charge is 0.341 e. The number of hydrogen-bond donors (Lipinski definition) is 1. The van der Waals surface area contributed by atoms with Crippen molar-refractivity contribution in [2.45, 2.75) is 33.1 Å². The highest BCUT2D eigenvalue weighted by atomic mass is 16.2. The Kier molecular flexibility index (Phi) is 6.34. The van der Waals surface area contributed by atoms with Crippen molar-refractivity contribution in [1.82, 2.24) is 20.0 Å². The predicted molar refractivity (Wildman–Crippen MR) is 98.1 cm³/mol. The van der Waals surface area contributed by atoms with Crippen molar-refractivity contribution in [3.63, 3.8) is 0 Å². The SMILES string of the molecule is CC1CC(C)CN(C(=O)CN2CCN(C(=O)CNCC3CC3)CC2)C1. The van der Waals surface area contributed by atoms with Crippen LogP contribution in [0.3, 0.4) is 0 Å². The average molecular weight is 351 g/mol. The second-order valence-corrected chi connectivity index (χ2v) is 8.48. The Balaban J connectivity index is 1.35. The quantitative estimate of drug-likeness (QED) is 0.764. The zero-order valence-electron chi connectivity index (χ0n) is 15.9. The Hall–Kier alpha value is -1.14. The van der Waals surface area contributed by atoms with Crippen molar-refractivity contribution in [3.8, 4) is 0 Å². The molecule has 6 nitrogen and oxygen atoms in total. The van der Waals surface area contributed by atoms with Crippen molar-refractivity contribution in [3.05, 3.63) is 0 Å². The lowest BCUT2D eigenvalue weighted by molar-refractivity contribution is -0.136. The van der Waals surface area contributed by atoms with E-state index in [-0.39, 0.29) is 11.8 Å². The van der Waals surface area contributed by atoms with E-state index < -0.39 is 0 Å². The van der Waals surface area contributed by atoms with Gasteiger partial charge in [-0.15, -0.1) is 0 Å². The minimum Gasteiger partial charge on any atom is -0.341 e.